The molecule has 0 aliphatic rings. The molecule has 0 bridgehead atoms. The number of benzene rings is 6. The monoisotopic (exact) mass is 538 g/mol. The molecule has 5 nitrogen and oxygen atoms in total. The van der Waals surface area contributed by atoms with Gasteiger partial charge in [-0.1, -0.05) is 97.1 Å². The molecule has 0 saturated heterocycles. The summed E-state index contributed by atoms with van der Waals surface area (Å²) in [4.78, 5) is 15.2. The van der Waals surface area contributed by atoms with Gasteiger partial charge in [0.25, 0.3) is 0 Å². The molecule has 9 rings (SSSR count). The first kappa shape index (κ1) is 22.9. The van der Waals surface area contributed by atoms with Crippen molar-refractivity contribution in [2.75, 3.05) is 0 Å². The van der Waals surface area contributed by atoms with Crippen LogP contribution in [-0.4, -0.2) is 19.5 Å². The van der Waals surface area contributed by atoms with Crippen molar-refractivity contribution in [3.05, 3.63) is 133 Å². The Morgan fingerprint density at radius 1 is 0.452 bits per heavy atom. The van der Waals surface area contributed by atoms with E-state index in [0.717, 1.165) is 44.1 Å². The lowest BCUT2D eigenvalue weighted by Crippen LogP contribution is -2.06. The molecular weight excluding hydrogens is 516 g/mol. The lowest BCUT2D eigenvalue weighted by atomic mass is 10.0. The van der Waals surface area contributed by atoms with Gasteiger partial charge in [-0.05, 0) is 47.2 Å². The van der Waals surface area contributed by atoms with E-state index in [9.17, 15) is 0 Å². The van der Waals surface area contributed by atoms with Crippen LogP contribution in [0.5, 0.6) is 0 Å². The van der Waals surface area contributed by atoms with Gasteiger partial charge in [0.2, 0.25) is 5.95 Å². The largest absolute Gasteiger partial charge is 0.456 e. The normalized spacial score (nSPS) is 11.8. The number of fused-ring (bicyclic) bond motifs is 8. The standard InChI is InChI=1S/C37H22N4O/c1-2-11-24(12-3-1)35-38-36(25-19-21-33-29(22-25)27-14-7-9-17-32(27)42-33)40-37(39-35)41-30-16-8-6-15-28(30)34-26-13-5-4-10-23(26)18-20-31(34)41/h1-22H. The fraction of sp³-hybridized carbons (Fsp3) is 0. The van der Waals surface area contributed by atoms with Gasteiger partial charge in [0, 0.05) is 32.7 Å². The number of furan rings is 1. The lowest BCUT2D eigenvalue weighted by molar-refractivity contribution is 0.669. The van der Waals surface area contributed by atoms with Crippen molar-refractivity contribution >= 4 is 54.5 Å². The summed E-state index contributed by atoms with van der Waals surface area (Å²) in [5, 5.41) is 6.88. The number of para-hydroxylation sites is 2. The van der Waals surface area contributed by atoms with Crippen molar-refractivity contribution in [2.24, 2.45) is 0 Å². The second kappa shape index (κ2) is 8.85. The molecule has 3 heterocycles. The maximum atomic E-state index is 6.09. The zero-order chi connectivity index (χ0) is 27.6. The van der Waals surface area contributed by atoms with Gasteiger partial charge < -0.3 is 4.42 Å². The molecule has 0 spiro atoms. The van der Waals surface area contributed by atoms with Crippen LogP contribution in [0.3, 0.4) is 0 Å². The highest BCUT2D eigenvalue weighted by Gasteiger charge is 2.19. The van der Waals surface area contributed by atoms with Crippen molar-refractivity contribution < 1.29 is 4.42 Å². The van der Waals surface area contributed by atoms with Crippen LogP contribution in [0.1, 0.15) is 0 Å². The van der Waals surface area contributed by atoms with E-state index in [4.69, 9.17) is 19.4 Å². The molecule has 0 unspecified atom stereocenters. The molecule has 0 amide bonds. The van der Waals surface area contributed by atoms with E-state index in [2.05, 4.69) is 77.4 Å². The van der Waals surface area contributed by atoms with E-state index < -0.39 is 0 Å². The Kier molecular flexibility index (Phi) is 4.83. The first-order chi connectivity index (χ1) is 20.8. The van der Waals surface area contributed by atoms with E-state index in [1.54, 1.807) is 0 Å². The molecule has 0 aliphatic heterocycles. The summed E-state index contributed by atoms with van der Waals surface area (Å²) >= 11 is 0. The summed E-state index contributed by atoms with van der Waals surface area (Å²) in [6, 6.07) is 45.7. The van der Waals surface area contributed by atoms with Gasteiger partial charge in [-0.3, -0.25) is 4.57 Å². The molecule has 0 N–H and O–H groups in total. The van der Waals surface area contributed by atoms with Crippen LogP contribution in [0, 0.1) is 0 Å². The van der Waals surface area contributed by atoms with Gasteiger partial charge in [0.15, 0.2) is 11.6 Å². The molecule has 196 valence electrons. The van der Waals surface area contributed by atoms with Gasteiger partial charge in [0.1, 0.15) is 11.2 Å². The minimum atomic E-state index is 0.581. The van der Waals surface area contributed by atoms with E-state index >= 15 is 0 Å². The molecule has 0 radical (unpaired) electrons. The SMILES string of the molecule is c1ccc(-c2nc(-c3ccc4oc5ccccc5c4c3)nc(-n3c4ccccc4c4c5ccccc5ccc43)n2)cc1. The Hall–Kier alpha value is -5.81. The quantitative estimate of drug-likeness (QED) is 0.225. The van der Waals surface area contributed by atoms with E-state index in [-0.39, 0.29) is 0 Å². The summed E-state index contributed by atoms with van der Waals surface area (Å²) in [6.07, 6.45) is 0. The molecule has 0 aliphatic carbocycles. The van der Waals surface area contributed by atoms with Crippen molar-refractivity contribution in [3.8, 4) is 28.7 Å². The number of rotatable bonds is 3. The number of hydrogen-bond acceptors (Lipinski definition) is 4. The molecule has 9 aromatic rings. The molecule has 6 aromatic carbocycles. The maximum absolute atomic E-state index is 6.09. The van der Waals surface area contributed by atoms with Gasteiger partial charge in [-0.15, -0.1) is 0 Å². The summed E-state index contributed by atoms with van der Waals surface area (Å²) in [5.74, 6) is 1.81. The van der Waals surface area contributed by atoms with Crippen molar-refractivity contribution in [3.63, 3.8) is 0 Å². The Bertz CT molecular complexity index is 2470. The minimum Gasteiger partial charge on any atom is -0.456 e. The smallest absolute Gasteiger partial charge is 0.238 e. The molecule has 42 heavy (non-hydrogen) atoms. The van der Waals surface area contributed by atoms with E-state index in [1.807, 2.05) is 60.7 Å². The van der Waals surface area contributed by atoms with Crippen molar-refractivity contribution in [2.45, 2.75) is 0 Å². The second-order valence-electron chi connectivity index (χ2n) is 10.5. The van der Waals surface area contributed by atoms with Crippen LogP contribution >= 0.6 is 0 Å². The van der Waals surface area contributed by atoms with Crippen LogP contribution in [0.15, 0.2) is 138 Å². The molecule has 3 aromatic heterocycles. The molecule has 0 saturated carbocycles. The Morgan fingerprint density at radius 2 is 1.14 bits per heavy atom. The summed E-state index contributed by atoms with van der Waals surface area (Å²) in [5.41, 5.74) is 5.65. The van der Waals surface area contributed by atoms with Gasteiger partial charge in [-0.25, -0.2) is 4.98 Å². The molecule has 5 heteroatoms. The third-order valence-electron chi connectivity index (χ3n) is 8.05. The number of hydrogen-bond donors (Lipinski definition) is 0. The molecule has 0 atom stereocenters. The molecular formula is C37H22N4O. The van der Waals surface area contributed by atoms with Crippen LogP contribution < -0.4 is 0 Å². The molecule has 0 fully saturated rings. The van der Waals surface area contributed by atoms with Crippen LogP contribution in [0.2, 0.25) is 0 Å². The topological polar surface area (TPSA) is 56.7 Å². The van der Waals surface area contributed by atoms with E-state index in [1.165, 1.54) is 21.5 Å². The van der Waals surface area contributed by atoms with Gasteiger partial charge >= 0.3 is 0 Å². The highest BCUT2D eigenvalue weighted by molar-refractivity contribution is 6.21. The third kappa shape index (κ3) is 3.40. The fourth-order valence-corrected chi connectivity index (χ4v) is 6.13. The summed E-state index contributed by atoms with van der Waals surface area (Å²) < 4.78 is 8.26. The maximum Gasteiger partial charge on any atom is 0.238 e. The average molecular weight is 539 g/mol. The van der Waals surface area contributed by atoms with Gasteiger partial charge in [0.05, 0.1) is 11.0 Å². The van der Waals surface area contributed by atoms with Crippen LogP contribution in [0.4, 0.5) is 0 Å². The zero-order valence-electron chi connectivity index (χ0n) is 22.4. The second-order valence-corrected chi connectivity index (χ2v) is 10.5. The minimum absolute atomic E-state index is 0.581. The first-order valence-electron chi connectivity index (χ1n) is 14.0. The van der Waals surface area contributed by atoms with Crippen molar-refractivity contribution in [1.29, 1.82) is 0 Å². The van der Waals surface area contributed by atoms with E-state index in [0.29, 0.717) is 17.6 Å². The van der Waals surface area contributed by atoms with Crippen LogP contribution in [0.25, 0.3) is 83.2 Å². The summed E-state index contributed by atoms with van der Waals surface area (Å²) in [7, 11) is 0. The lowest BCUT2D eigenvalue weighted by Gasteiger charge is -2.11. The average Bonchev–Trinajstić information content (AvgIpc) is 3.60. The highest BCUT2D eigenvalue weighted by Crippen LogP contribution is 2.37. The predicted molar refractivity (Wildman–Crippen MR) is 170 cm³/mol. The zero-order valence-corrected chi connectivity index (χ0v) is 22.4. The first-order valence-corrected chi connectivity index (χ1v) is 14.0. The highest BCUT2D eigenvalue weighted by atomic mass is 16.3. The Labute approximate surface area is 240 Å². The van der Waals surface area contributed by atoms with Crippen LogP contribution in [-0.2, 0) is 0 Å². The summed E-state index contributed by atoms with van der Waals surface area (Å²) in [6.45, 7) is 0. The fourth-order valence-electron chi connectivity index (χ4n) is 6.13. The number of aromatic nitrogens is 4. The third-order valence-corrected chi connectivity index (χ3v) is 8.05. The Morgan fingerprint density at radius 3 is 2.02 bits per heavy atom. The van der Waals surface area contributed by atoms with Crippen molar-refractivity contribution in [1.82, 2.24) is 19.5 Å². The van der Waals surface area contributed by atoms with Gasteiger partial charge in [-0.2, -0.15) is 9.97 Å². The number of nitrogens with zero attached hydrogens (tertiary/aromatic N) is 4. The Balaban J connectivity index is 1.36. The predicted octanol–water partition coefficient (Wildman–Crippen LogP) is 9.36.